The van der Waals surface area contributed by atoms with Crippen molar-refractivity contribution >= 4 is 50.9 Å². The Hall–Kier alpha value is -1.86. The number of esters is 2. The standard InChI is InChI=1S/C16H15BrClNO5/c1-16(2)23-14(21)11(15(22)24-16)8-19-12-7-9(17)3-4-10(12)13(20)5-6-18/h3-4,7-8,19H,5-6H2,1-2H3. The van der Waals surface area contributed by atoms with Gasteiger partial charge >= 0.3 is 11.9 Å². The van der Waals surface area contributed by atoms with Crippen LogP contribution in [0.3, 0.4) is 0 Å². The molecule has 1 aliphatic heterocycles. The SMILES string of the molecule is CC1(C)OC(=O)C(=CNc2cc(Br)ccc2C(=O)CCCl)C(=O)O1. The number of benzene rings is 1. The molecule has 1 N–H and O–H groups in total. The Labute approximate surface area is 152 Å². The van der Waals surface area contributed by atoms with Crippen molar-refractivity contribution in [1.29, 1.82) is 0 Å². The fourth-order valence-corrected chi connectivity index (χ4v) is 2.56. The molecule has 0 aliphatic carbocycles. The molecule has 128 valence electrons. The van der Waals surface area contributed by atoms with Gasteiger partial charge in [-0.1, -0.05) is 15.9 Å². The first-order chi connectivity index (χ1) is 11.2. The van der Waals surface area contributed by atoms with Crippen molar-refractivity contribution in [2.45, 2.75) is 26.1 Å². The summed E-state index contributed by atoms with van der Waals surface area (Å²) in [6.45, 7) is 2.93. The number of rotatable bonds is 5. The van der Waals surface area contributed by atoms with Crippen LogP contribution in [0.15, 0.2) is 34.4 Å². The van der Waals surface area contributed by atoms with Crippen molar-refractivity contribution in [1.82, 2.24) is 0 Å². The Kier molecular flexibility index (Phi) is 5.66. The number of cyclic esters (lactones) is 2. The topological polar surface area (TPSA) is 81.7 Å². The smallest absolute Gasteiger partial charge is 0.350 e. The summed E-state index contributed by atoms with van der Waals surface area (Å²) < 4.78 is 10.7. The number of carbonyl (C=O) groups excluding carboxylic acids is 3. The van der Waals surface area contributed by atoms with Gasteiger partial charge in [0, 0.05) is 42.4 Å². The van der Waals surface area contributed by atoms with E-state index < -0.39 is 17.7 Å². The fourth-order valence-electron chi connectivity index (χ4n) is 2.03. The first kappa shape index (κ1) is 18.5. The molecule has 0 spiro atoms. The zero-order chi connectivity index (χ0) is 17.9. The highest BCUT2D eigenvalue weighted by Gasteiger charge is 2.39. The van der Waals surface area contributed by atoms with Crippen LogP contribution in [0.5, 0.6) is 0 Å². The molecule has 0 atom stereocenters. The highest BCUT2D eigenvalue weighted by Crippen LogP contribution is 2.25. The van der Waals surface area contributed by atoms with Crippen LogP contribution in [0, 0.1) is 0 Å². The quantitative estimate of drug-likeness (QED) is 0.260. The summed E-state index contributed by atoms with van der Waals surface area (Å²) in [4.78, 5) is 35.9. The van der Waals surface area contributed by atoms with Gasteiger partial charge in [-0.05, 0) is 18.2 Å². The molecule has 1 aromatic rings. The largest absolute Gasteiger partial charge is 0.419 e. The molecule has 1 fully saturated rings. The lowest BCUT2D eigenvalue weighted by Crippen LogP contribution is -2.42. The Morgan fingerprint density at radius 2 is 1.92 bits per heavy atom. The van der Waals surface area contributed by atoms with Crippen molar-refractivity contribution < 1.29 is 23.9 Å². The molecule has 1 aromatic carbocycles. The zero-order valence-corrected chi connectivity index (χ0v) is 15.4. The van der Waals surface area contributed by atoms with Gasteiger partial charge in [-0.15, -0.1) is 11.6 Å². The number of ketones is 1. The van der Waals surface area contributed by atoms with Gasteiger partial charge in [0.25, 0.3) is 5.79 Å². The zero-order valence-electron chi connectivity index (χ0n) is 13.0. The van der Waals surface area contributed by atoms with Crippen LogP contribution in [0.25, 0.3) is 0 Å². The van der Waals surface area contributed by atoms with Crippen molar-refractivity contribution in [3.63, 3.8) is 0 Å². The van der Waals surface area contributed by atoms with Gasteiger partial charge < -0.3 is 14.8 Å². The molecule has 0 amide bonds. The first-order valence-corrected chi connectivity index (χ1v) is 8.38. The Morgan fingerprint density at radius 1 is 1.29 bits per heavy atom. The third-order valence-corrected chi connectivity index (χ3v) is 3.77. The Balaban J connectivity index is 2.28. The van der Waals surface area contributed by atoms with Gasteiger partial charge in [0.2, 0.25) is 0 Å². The molecular weight excluding hydrogens is 402 g/mol. The van der Waals surface area contributed by atoms with E-state index in [0.29, 0.717) is 11.3 Å². The van der Waals surface area contributed by atoms with E-state index in [1.54, 1.807) is 18.2 Å². The van der Waals surface area contributed by atoms with E-state index in [0.717, 1.165) is 4.47 Å². The summed E-state index contributed by atoms with van der Waals surface area (Å²) in [5.41, 5.74) is 0.538. The lowest BCUT2D eigenvalue weighted by molar-refractivity contribution is -0.222. The number of Topliss-reactive ketones (excluding diaryl/α,β-unsaturated/α-hetero) is 1. The van der Waals surface area contributed by atoms with Crippen molar-refractivity contribution in [3.05, 3.63) is 40.0 Å². The number of hydrogen-bond donors (Lipinski definition) is 1. The molecule has 1 aliphatic rings. The van der Waals surface area contributed by atoms with Crippen molar-refractivity contribution in [2.75, 3.05) is 11.2 Å². The minimum absolute atomic E-state index is 0.159. The highest BCUT2D eigenvalue weighted by molar-refractivity contribution is 9.10. The van der Waals surface area contributed by atoms with E-state index in [2.05, 4.69) is 21.2 Å². The lowest BCUT2D eigenvalue weighted by Gasteiger charge is -2.29. The maximum atomic E-state index is 12.1. The number of anilines is 1. The summed E-state index contributed by atoms with van der Waals surface area (Å²) in [7, 11) is 0. The van der Waals surface area contributed by atoms with Crippen LogP contribution in [0.4, 0.5) is 5.69 Å². The molecule has 6 nitrogen and oxygen atoms in total. The third kappa shape index (κ3) is 4.36. The number of alkyl halides is 1. The van der Waals surface area contributed by atoms with Gasteiger partial charge in [-0.3, -0.25) is 4.79 Å². The third-order valence-electron chi connectivity index (χ3n) is 3.09. The van der Waals surface area contributed by atoms with Crippen molar-refractivity contribution in [2.24, 2.45) is 0 Å². The predicted octanol–water partition coefficient (Wildman–Crippen LogP) is 3.39. The average Bonchev–Trinajstić information content (AvgIpc) is 2.45. The van der Waals surface area contributed by atoms with Crippen molar-refractivity contribution in [3.8, 4) is 0 Å². The lowest BCUT2D eigenvalue weighted by atomic mass is 10.1. The van der Waals surface area contributed by atoms with Gasteiger partial charge in [0.05, 0.1) is 5.69 Å². The summed E-state index contributed by atoms with van der Waals surface area (Å²) >= 11 is 8.92. The van der Waals surface area contributed by atoms with E-state index in [9.17, 15) is 14.4 Å². The van der Waals surface area contributed by atoms with Crippen LogP contribution < -0.4 is 5.32 Å². The molecule has 0 bridgehead atoms. The van der Waals surface area contributed by atoms with E-state index >= 15 is 0 Å². The number of hydrogen-bond acceptors (Lipinski definition) is 6. The van der Waals surface area contributed by atoms with E-state index in [1.807, 2.05) is 0 Å². The van der Waals surface area contributed by atoms with Crippen LogP contribution in [0.2, 0.25) is 0 Å². The molecule has 2 rings (SSSR count). The summed E-state index contributed by atoms with van der Waals surface area (Å²) in [6.07, 6.45) is 1.34. The van der Waals surface area contributed by atoms with Crippen LogP contribution >= 0.6 is 27.5 Å². The van der Waals surface area contributed by atoms with Gasteiger partial charge in [-0.2, -0.15) is 0 Å². The minimum Gasteiger partial charge on any atom is -0.419 e. The second kappa shape index (κ2) is 7.36. The second-order valence-electron chi connectivity index (χ2n) is 5.43. The molecule has 8 heteroatoms. The Bertz CT molecular complexity index is 707. The first-order valence-electron chi connectivity index (χ1n) is 7.05. The molecule has 0 radical (unpaired) electrons. The molecule has 0 saturated carbocycles. The Morgan fingerprint density at radius 3 is 2.50 bits per heavy atom. The average molecular weight is 417 g/mol. The maximum absolute atomic E-state index is 12.1. The van der Waals surface area contributed by atoms with Gasteiger partial charge in [0.1, 0.15) is 0 Å². The van der Waals surface area contributed by atoms with Gasteiger partial charge in [-0.25, -0.2) is 9.59 Å². The van der Waals surface area contributed by atoms with E-state index in [-0.39, 0.29) is 23.7 Å². The van der Waals surface area contributed by atoms with E-state index in [4.69, 9.17) is 21.1 Å². The maximum Gasteiger partial charge on any atom is 0.350 e. The molecule has 24 heavy (non-hydrogen) atoms. The minimum atomic E-state index is -1.30. The van der Waals surface area contributed by atoms with E-state index in [1.165, 1.54) is 20.0 Å². The monoisotopic (exact) mass is 415 g/mol. The summed E-state index contributed by atoms with van der Waals surface area (Å²) in [6, 6.07) is 4.99. The van der Waals surface area contributed by atoms with Crippen LogP contribution in [-0.4, -0.2) is 29.4 Å². The fraction of sp³-hybridized carbons (Fsp3) is 0.312. The molecule has 1 heterocycles. The molecule has 1 saturated heterocycles. The van der Waals surface area contributed by atoms with Gasteiger partial charge in [0.15, 0.2) is 11.4 Å². The number of nitrogens with one attached hydrogen (secondary N) is 1. The number of ether oxygens (including phenoxy) is 2. The number of carbonyl (C=O) groups is 3. The van der Waals surface area contributed by atoms with Crippen LogP contribution in [-0.2, 0) is 19.1 Å². The predicted molar refractivity (Wildman–Crippen MR) is 91.8 cm³/mol. The van der Waals surface area contributed by atoms with Crippen LogP contribution in [0.1, 0.15) is 30.6 Å². The highest BCUT2D eigenvalue weighted by atomic mass is 79.9. The molecular formula is C16H15BrClNO5. The number of halogens is 2. The second-order valence-corrected chi connectivity index (χ2v) is 6.73. The summed E-state index contributed by atoms with van der Waals surface area (Å²) in [5, 5.41) is 2.79. The summed E-state index contributed by atoms with van der Waals surface area (Å²) in [5.74, 6) is -2.86. The molecule has 0 unspecified atom stereocenters. The normalized spacial score (nSPS) is 16.2. The molecule has 0 aromatic heterocycles.